The van der Waals surface area contributed by atoms with Crippen molar-refractivity contribution in [3.05, 3.63) is 139 Å². The molecule has 43 heavy (non-hydrogen) atoms. The highest BCUT2D eigenvalue weighted by atomic mass is 32.2. The minimum Gasteiger partial charge on any atom is -0.489 e. The maximum absolute atomic E-state index is 13.9. The van der Waals surface area contributed by atoms with Crippen LogP contribution < -0.4 is 19.6 Å². The van der Waals surface area contributed by atoms with Crippen molar-refractivity contribution in [2.24, 2.45) is 4.99 Å². The number of carbonyl (C=O) groups is 1. The van der Waals surface area contributed by atoms with Crippen molar-refractivity contribution in [3.63, 3.8) is 0 Å². The van der Waals surface area contributed by atoms with Gasteiger partial charge in [0.2, 0.25) is 0 Å². The summed E-state index contributed by atoms with van der Waals surface area (Å²) in [6.07, 6.45) is 3.86. The predicted molar refractivity (Wildman–Crippen MR) is 173 cm³/mol. The van der Waals surface area contributed by atoms with Gasteiger partial charge in [0, 0.05) is 4.90 Å². The van der Waals surface area contributed by atoms with Crippen molar-refractivity contribution in [1.82, 2.24) is 4.57 Å². The van der Waals surface area contributed by atoms with Crippen LogP contribution in [0.3, 0.4) is 0 Å². The Hall–Kier alpha value is -4.40. The van der Waals surface area contributed by atoms with Crippen LogP contribution in [0.15, 0.2) is 117 Å². The van der Waals surface area contributed by atoms with Crippen LogP contribution in [0.1, 0.15) is 36.6 Å². The number of rotatable bonds is 8. The molecular weight excluding hydrogens is 577 g/mol. The molecule has 0 N–H and O–H groups in total. The largest absolute Gasteiger partial charge is 0.489 e. The van der Waals surface area contributed by atoms with E-state index in [1.54, 1.807) is 30.2 Å². The maximum Gasteiger partial charge on any atom is 0.338 e. The second-order valence-electron chi connectivity index (χ2n) is 10.1. The first-order valence-electron chi connectivity index (χ1n) is 14.0. The van der Waals surface area contributed by atoms with Gasteiger partial charge in [-0.1, -0.05) is 78.1 Å². The zero-order valence-corrected chi connectivity index (χ0v) is 25.7. The van der Waals surface area contributed by atoms with Crippen molar-refractivity contribution in [2.75, 3.05) is 12.9 Å². The summed E-state index contributed by atoms with van der Waals surface area (Å²) in [5.74, 6) is 0.245. The van der Waals surface area contributed by atoms with Crippen LogP contribution in [0.2, 0.25) is 0 Å². The third-order valence-corrected chi connectivity index (χ3v) is 9.11. The summed E-state index contributed by atoms with van der Waals surface area (Å²) >= 11 is 2.94. The Morgan fingerprint density at radius 2 is 1.79 bits per heavy atom. The molecule has 6 nitrogen and oxygen atoms in total. The number of ether oxygens (including phenoxy) is 2. The zero-order valence-electron chi connectivity index (χ0n) is 24.1. The van der Waals surface area contributed by atoms with Gasteiger partial charge < -0.3 is 9.47 Å². The molecule has 0 bridgehead atoms. The Morgan fingerprint density at radius 3 is 2.58 bits per heavy atom. The van der Waals surface area contributed by atoms with Crippen LogP contribution in [-0.2, 0) is 16.1 Å². The van der Waals surface area contributed by atoms with Gasteiger partial charge in [-0.2, -0.15) is 0 Å². The van der Waals surface area contributed by atoms with Gasteiger partial charge in [0.1, 0.15) is 12.4 Å². The van der Waals surface area contributed by atoms with Gasteiger partial charge in [-0.25, -0.2) is 9.79 Å². The molecule has 0 saturated carbocycles. The Bertz CT molecular complexity index is 2040. The molecule has 6 rings (SSSR count). The van der Waals surface area contributed by atoms with Gasteiger partial charge in [-0.15, -0.1) is 11.8 Å². The van der Waals surface area contributed by atoms with Crippen molar-refractivity contribution in [1.29, 1.82) is 0 Å². The quantitative estimate of drug-likeness (QED) is 0.154. The lowest BCUT2D eigenvalue weighted by atomic mass is 9.96. The molecule has 2 heterocycles. The lowest BCUT2D eigenvalue weighted by Gasteiger charge is -2.24. The molecule has 0 fully saturated rings. The molecule has 0 amide bonds. The number of thioether (sulfide) groups is 1. The van der Waals surface area contributed by atoms with E-state index in [4.69, 9.17) is 9.47 Å². The fourth-order valence-electron chi connectivity index (χ4n) is 5.32. The van der Waals surface area contributed by atoms with Gasteiger partial charge >= 0.3 is 5.97 Å². The van der Waals surface area contributed by atoms with Gasteiger partial charge in [-0.05, 0) is 77.9 Å². The lowest BCUT2D eigenvalue weighted by Crippen LogP contribution is -2.39. The van der Waals surface area contributed by atoms with Crippen LogP contribution in [0, 0.1) is 0 Å². The van der Waals surface area contributed by atoms with Crippen LogP contribution >= 0.6 is 23.1 Å². The van der Waals surface area contributed by atoms with Crippen molar-refractivity contribution in [2.45, 2.75) is 31.4 Å². The SMILES string of the molecule is CCOC(=O)C1=C(C)N=c2s/c(=C\c3cccc(OCc4cccc5ccccc45)c3)c(=O)n2[C@@H]1c1ccc(SC)cc1. The second kappa shape index (κ2) is 12.5. The number of carbonyl (C=O) groups excluding carboxylic acids is 1. The van der Waals surface area contributed by atoms with E-state index in [2.05, 4.69) is 29.3 Å². The molecule has 216 valence electrons. The molecule has 0 aliphatic carbocycles. The van der Waals surface area contributed by atoms with Crippen molar-refractivity contribution < 1.29 is 14.3 Å². The molecule has 5 aromatic rings. The number of fused-ring (bicyclic) bond motifs is 2. The van der Waals surface area contributed by atoms with E-state index in [0.717, 1.165) is 27.0 Å². The lowest BCUT2D eigenvalue weighted by molar-refractivity contribution is -0.139. The van der Waals surface area contributed by atoms with E-state index in [9.17, 15) is 9.59 Å². The number of benzene rings is 4. The highest BCUT2D eigenvalue weighted by Crippen LogP contribution is 2.31. The molecule has 1 aliphatic rings. The molecule has 0 spiro atoms. The highest BCUT2D eigenvalue weighted by Gasteiger charge is 2.33. The Balaban J connectivity index is 1.36. The Kier molecular flexibility index (Phi) is 8.31. The highest BCUT2D eigenvalue weighted by molar-refractivity contribution is 7.98. The average molecular weight is 607 g/mol. The average Bonchev–Trinajstić information content (AvgIpc) is 3.33. The standard InChI is InChI=1S/C35H30N2O4S2/c1-4-40-34(39)31-22(2)36-35-37(32(31)25-15-17-28(42-3)18-16-25)33(38)30(43-35)20-23-9-7-13-27(19-23)41-21-26-12-8-11-24-10-5-6-14-29(24)26/h5-20,32H,4,21H2,1-3H3/b30-20-/t32-/m1/s1. The summed E-state index contributed by atoms with van der Waals surface area (Å²) in [5, 5.41) is 2.34. The predicted octanol–water partition coefficient (Wildman–Crippen LogP) is 6.25. The van der Waals surface area contributed by atoms with Crippen LogP contribution in [0.25, 0.3) is 16.8 Å². The van der Waals surface area contributed by atoms with Crippen LogP contribution in [0.5, 0.6) is 5.75 Å². The monoisotopic (exact) mass is 606 g/mol. The summed E-state index contributed by atoms with van der Waals surface area (Å²) in [7, 11) is 0. The number of nitrogens with zero attached hydrogens (tertiary/aromatic N) is 2. The third-order valence-electron chi connectivity index (χ3n) is 7.38. The minimum atomic E-state index is -0.635. The third kappa shape index (κ3) is 5.81. The number of allylic oxidation sites excluding steroid dienone is 1. The smallest absolute Gasteiger partial charge is 0.338 e. The molecule has 0 unspecified atom stereocenters. The van der Waals surface area contributed by atoms with Gasteiger partial charge in [0.05, 0.1) is 28.5 Å². The first-order valence-corrected chi connectivity index (χ1v) is 16.0. The van der Waals surface area contributed by atoms with Gasteiger partial charge in [0.15, 0.2) is 4.80 Å². The molecule has 0 radical (unpaired) electrons. The molecule has 8 heteroatoms. The van der Waals surface area contributed by atoms with E-state index in [1.165, 1.54) is 16.7 Å². The summed E-state index contributed by atoms with van der Waals surface area (Å²) in [6, 6.07) is 29.4. The molecule has 1 atom stereocenters. The van der Waals surface area contributed by atoms with E-state index in [-0.39, 0.29) is 12.2 Å². The van der Waals surface area contributed by atoms with E-state index in [1.807, 2.05) is 79.1 Å². The number of aromatic nitrogens is 1. The van der Waals surface area contributed by atoms with Crippen LogP contribution in [0.4, 0.5) is 0 Å². The van der Waals surface area contributed by atoms with Gasteiger partial charge in [0.25, 0.3) is 5.56 Å². The number of hydrogen-bond acceptors (Lipinski definition) is 7. The van der Waals surface area contributed by atoms with E-state index in [0.29, 0.717) is 33.0 Å². The first-order chi connectivity index (χ1) is 21.0. The maximum atomic E-state index is 13.9. The van der Waals surface area contributed by atoms with Crippen molar-refractivity contribution in [3.8, 4) is 5.75 Å². The summed E-state index contributed by atoms with van der Waals surface area (Å²) < 4.78 is 13.7. The fraction of sp³-hybridized carbons (Fsp3) is 0.171. The van der Waals surface area contributed by atoms with Gasteiger partial charge in [-0.3, -0.25) is 9.36 Å². The Morgan fingerprint density at radius 1 is 1.02 bits per heavy atom. The Labute approximate surface area is 257 Å². The number of esters is 1. The van der Waals surface area contributed by atoms with Crippen molar-refractivity contribution >= 4 is 45.9 Å². The van der Waals surface area contributed by atoms with Crippen LogP contribution in [-0.4, -0.2) is 23.4 Å². The second-order valence-corrected chi connectivity index (χ2v) is 12.0. The molecule has 0 saturated heterocycles. The topological polar surface area (TPSA) is 69.9 Å². The first kappa shape index (κ1) is 28.7. The number of thiazole rings is 1. The summed E-state index contributed by atoms with van der Waals surface area (Å²) in [4.78, 5) is 33.4. The molecule has 4 aromatic carbocycles. The minimum absolute atomic E-state index is 0.209. The van der Waals surface area contributed by atoms with E-state index >= 15 is 0 Å². The van der Waals surface area contributed by atoms with E-state index < -0.39 is 12.0 Å². The molecule has 1 aromatic heterocycles. The molecular formula is C35H30N2O4S2. The zero-order chi connectivity index (χ0) is 29.9. The normalized spacial score (nSPS) is 14.9. The molecule has 1 aliphatic heterocycles. The summed E-state index contributed by atoms with van der Waals surface area (Å²) in [6.45, 7) is 4.23. The number of hydrogen-bond donors (Lipinski definition) is 0. The fourth-order valence-corrected chi connectivity index (χ4v) is 6.77. The summed E-state index contributed by atoms with van der Waals surface area (Å²) in [5.41, 5.74) is 3.49.